The Kier molecular flexibility index (Phi) is 4.95. The first-order chi connectivity index (χ1) is 13.5. The number of carbonyl (C=O) groups excluding carboxylic acids is 1. The highest BCUT2D eigenvalue weighted by Gasteiger charge is 2.17. The van der Waals surface area contributed by atoms with E-state index in [2.05, 4.69) is 5.32 Å². The van der Waals surface area contributed by atoms with Crippen LogP contribution in [0.3, 0.4) is 0 Å². The van der Waals surface area contributed by atoms with Gasteiger partial charge in [-0.05, 0) is 47.2 Å². The third-order valence-electron chi connectivity index (χ3n) is 4.54. The van der Waals surface area contributed by atoms with E-state index < -0.39 is 0 Å². The lowest BCUT2D eigenvalue weighted by atomic mass is 9.95. The van der Waals surface area contributed by atoms with Crippen molar-refractivity contribution < 1.29 is 9.90 Å². The Hall–Kier alpha value is -3.01. The lowest BCUT2D eigenvalue weighted by molar-refractivity contribution is 0.102. The van der Waals surface area contributed by atoms with Crippen LogP contribution in [-0.2, 0) is 0 Å². The Labute approximate surface area is 172 Å². The summed E-state index contributed by atoms with van der Waals surface area (Å²) in [6, 6.07) is 23.4. The molecule has 0 spiro atoms. The van der Waals surface area contributed by atoms with E-state index in [1.807, 2.05) is 36.4 Å². The molecule has 1 amide bonds. The average Bonchev–Trinajstić information content (AvgIpc) is 2.71. The fraction of sp³-hybridized carbons (Fsp3) is 0. The minimum Gasteiger partial charge on any atom is -0.506 e. The number of benzene rings is 4. The summed E-state index contributed by atoms with van der Waals surface area (Å²) in [5, 5.41) is 16.2. The number of phenols is 1. The zero-order valence-electron chi connectivity index (χ0n) is 14.6. The number of nitrogens with one attached hydrogen (secondary N) is 1. The van der Waals surface area contributed by atoms with E-state index in [-0.39, 0.29) is 16.7 Å². The molecule has 138 valence electrons. The second-order valence-corrected chi connectivity index (χ2v) is 7.15. The lowest BCUT2D eigenvalue weighted by Gasteiger charge is -2.16. The number of carbonyl (C=O) groups is 1. The van der Waals surface area contributed by atoms with Crippen molar-refractivity contribution in [2.45, 2.75) is 0 Å². The molecule has 0 bridgehead atoms. The van der Waals surface area contributed by atoms with Crippen LogP contribution >= 0.6 is 23.2 Å². The van der Waals surface area contributed by atoms with Crippen LogP contribution in [0, 0.1) is 0 Å². The Morgan fingerprint density at radius 1 is 0.821 bits per heavy atom. The Bertz CT molecular complexity index is 1190. The highest BCUT2D eigenvalue weighted by atomic mass is 35.5. The van der Waals surface area contributed by atoms with E-state index in [9.17, 15) is 9.90 Å². The number of phenolic OH excluding ortho intramolecular Hbond substituents is 1. The van der Waals surface area contributed by atoms with Crippen molar-refractivity contribution in [2.24, 2.45) is 0 Å². The first-order valence-electron chi connectivity index (χ1n) is 8.61. The Balaban J connectivity index is 1.88. The van der Waals surface area contributed by atoms with Crippen LogP contribution in [0.2, 0.25) is 10.0 Å². The molecule has 0 heterocycles. The SMILES string of the molecule is O=C(Nc1ccc2ccccc2c1-c1cccc(Cl)c1O)c1ccc(Cl)cc1. The fourth-order valence-electron chi connectivity index (χ4n) is 3.18. The molecule has 0 fully saturated rings. The van der Waals surface area contributed by atoms with Crippen LogP contribution in [0.5, 0.6) is 5.75 Å². The van der Waals surface area contributed by atoms with Gasteiger partial charge in [0.05, 0.1) is 5.02 Å². The number of rotatable bonds is 3. The molecule has 0 atom stereocenters. The molecule has 0 aliphatic carbocycles. The summed E-state index contributed by atoms with van der Waals surface area (Å²) >= 11 is 12.0. The summed E-state index contributed by atoms with van der Waals surface area (Å²) < 4.78 is 0. The molecule has 2 N–H and O–H groups in total. The Morgan fingerprint density at radius 2 is 1.57 bits per heavy atom. The van der Waals surface area contributed by atoms with Crippen molar-refractivity contribution in [3.63, 3.8) is 0 Å². The van der Waals surface area contributed by atoms with Gasteiger partial charge in [0.1, 0.15) is 5.75 Å². The van der Waals surface area contributed by atoms with Crippen LogP contribution in [0.25, 0.3) is 21.9 Å². The number of amides is 1. The van der Waals surface area contributed by atoms with Gasteiger partial charge in [0.15, 0.2) is 0 Å². The molecule has 5 heteroatoms. The largest absolute Gasteiger partial charge is 0.506 e. The number of aromatic hydroxyl groups is 1. The standard InChI is InChI=1S/C23H15Cl2NO2/c24-16-11-8-15(9-12-16)23(28)26-20-13-10-14-4-1-2-5-17(14)21(20)18-6-3-7-19(25)22(18)27/h1-13,27H,(H,26,28). The van der Waals surface area contributed by atoms with Crippen molar-refractivity contribution >= 4 is 45.6 Å². The average molecular weight is 408 g/mol. The smallest absolute Gasteiger partial charge is 0.255 e. The topological polar surface area (TPSA) is 49.3 Å². The molecule has 0 aromatic heterocycles. The van der Waals surface area contributed by atoms with Gasteiger partial charge in [-0.3, -0.25) is 4.79 Å². The molecule has 0 radical (unpaired) electrons. The summed E-state index contributed by atoms with van der Waals surface area (Å²) in [6.07, 6.45) is 0. The van der Waals surface area contributed by atoms with Gasteiger partial charge in [-0.15, -0.1) is 0 Å². The van der Waals surface area contributed by atoms with Gasteiger partial charge in [-0.1, -0.05) is 65.7 Å². The van der Waals surface area contributed by atoms with Crippen molar-refractivity contribution in [2.75, 3.05) is 5.32 Å². The molecule has 28 heavy (non-hydrogen) atoms. The molecule has 0 aliphatic heterocycles. The lowest BCUT2D eigenvalue weighted by Crippen LogP contribution is -2.12. The number of halogens is 2. The number of hydrogen-bond acceptors (Lipinski definition) is 2. The number of para-hydroxylation sites is 1. The molecule has 0 aliphatic rings. The maximum Gasteiger partial charge on any atom is 0.255 e. The molecule has 4 aromatic rings. The van der Waals surface area contributed by atoms with E-state index in [0.29, 0.717) is 27.4 Å². The van der Waals surface area contributed by atoms with Crippen molar-refractivity contribution in [1.82, 2.24) is 0 Å². The maximum absolute atomic E-state index is 12.8. The quantitative estimate of drug-likeness (QED) is 0.393. The summed E-state index contributed by atoms with van der Waals surface area (Å²) in [5.41, 5.74) is 2.33. The highest BCUT2D eigenvalue weighted by molar-refractivity contribution is 6.32. The van der Waals surface area contributed by atoms with Gasteiger partial charge < -0.3 is 10.4 Å². The summed E-state index contributed by atoms with van der Waals surface area (Å²) in [4.78, 5) is 12.8. The minimum absolute atomic E-state index is 0.0255. The van der Waals surface area contributed by atoms with Gasteiger partial charge in [0, 0.05) is 27.4 Å². The van der Waals surface area contributed by atoms with Gasteiger partial charge in [-0.25, -0.2) is 0 Å². The maximum atomic E-state index is 12.8. The van der Waals surface area contributed by atoms with Crippen LogP contribution < -0.4 is 5.32 Å². The minimum atomic E-state index is -0.269. The summed E-state index contributed by atoms with van der Waals surface area (Å²) in [7, 11) is 0. The van der Waals surface area contributed by atoms with Gasteiger partial charge >= 0.3 is 0 Å². The first-order valence-corrected chi connectivity index (χ1v) is 9.37. The normalized spacial score (nSPS) is 10.8. The summed E-state index contributed by atoms with van der Waals surface area (Å²) in [5.74, 6) is -0.294. The zero-order valence-corrected chi connectivity index (χ0v) is 16.1. The molecule has 4 rings (SSSR count). The van der Waals surface area contributed by atoms with E-state index in [1.165, 1.54) is 0 Å². The molecule has 0 unspecified atom stereocenters. The molecular weight excluding hydrogens is 393 g/mol. The third kappa shape index (κ3) is 3.42. The first kappa shape index (κ1) is 18.4. The van der Waals surface area contributed by atoms with Crippen molar-refractivity contribution in [1.29, 1.82) is 0 Å². The molecule has 0 saturated heterocycles. The number of hydrogen-bond donors (Lipinski definition) is 2. The Morgan fingerprint density at radius 3 is 2.36 bits per heavy atom. The predicted octanol–water partition coefficient (Wildman–Crippen LogP) is 6.77. The van der Waals surface area contributed by atoms with E-state index in [0.717, 1.165) is 10.8 Å². The number of fused-ring (bicyclic) bond motifs is 1. The molecule has 0 saturated carbocycles. The van der Waals surface area contributed by atoms with E-state index >= 15 is 0 Å². The number of anilines is 1. The van der Waals surface area contributed by atoms with Crippen LogP contribution in [-0.4, -0.2) is 11.0 Å². The second-order valence-electron chi connectivity index (χ2n) is 6.31. The van der Waals surface area contributed by atoms with Gasteiger partial charge in [-0.2, -0.15) is 0 Å². The summed E-state index contributed by atoms with van der Waals surface area (Å²) in [6.45, 7) is 0. The van der Waals surface area contributed by atoms with Crippen molar-refractivity contribution in [3.05, 3.63) is 94.5 Å². The third-order valence-corrected chi connectivity index (χ3v) is 5.10. The molecule has 4 aromatic carbocycles. The second kappa shape index (κ2) is 7.55. The molecule has 3 nitrogen and oxygen atoms in total. The molecular formula is C23H15Cl2NO2. The fourth-order valence-corrected chi connectivity index (χ4v) is 3.48. The van der Waals surface area contributed by atoms with E-state index in [4.69, 9.17) is 23.2 Å². The van der Waals surface area contributed by atoms with Crippen molar-refractivity contribution in [3.8, 4) is 16.9 Å². The van der Waals surface area contributed by atoms with E-state index in [1.54, 1.807) is 42.5 Å². The van der Waals surface area contributed by atoms with Crippen LogP contribution in [0.1, 0.15) is 10.4 Å². The van der Waals surface area contributed by atoms with Gasteiger partial charge in [0.2, 0.25) is 0 Å². The predicted molar refractivity (Wildman–Crippen MR) is 115 cm³/mol. The monoisotopic (exact) mass is 407 g/mol. The highest BCUT2D eigenvalue weighted by Crippen LogP contribution is 2.42. The zero-order chi connectivity index (χ0) is 19.7. The van der Waals surface area contributed by atoms with Crippen LogP contribution in [0.15, 0.2) is 78.9 Å². The van der Waals surface area contributed by atoms with Crippen LogP contribution in [0.4, 0.5) is 5.69 Å². The van der Waals surface area contributed by atoms with Gasteiger partial charge in [0.25, 0.3) is 5.91 Å².